The zero-order valence-electron chi connectivity index (χ0n) is 13.2. The van der Waals surface area contributed by atoms with Crippen LogP contribution >= 0.6 is 0 Å². The molecule has 6 nitrogen and oxygen atoms in total. The molecule has 0 aromatic carbocycles. The van der Waals surface area contributed by atoms with Crippen molar-refractivity contribution in [2.45, 2.75) is 32.4 Å². The maximum absolute atomic E-state index is 9.22. The van der Waals surface area contributed by atoms with E-state index in [1.54, 1.807) is 12.2 Å². The van der Waals surface area contributed by atoms with Gasteiger partial charge in [-0.1, -0.05) is 59.1 Å². The van der Waals surface area contributed by atoms with Crippen LogP contribution in [0.1, 0.15) is 20.3 Å². The minimum Gasteiger partial charge on any atom is -0.289 e. The summed E-state index contributed by atoms with van der Waals surface area (Å²) in [4.78, 5) is 0. The molecule has 0 bridgehead atoms. The van der Waals surface area contributed by atoms with Crippen LogP contribution in [0.5, 0.6) is 0 Å². The van der Waals surface area contributed by atoms with Crippen molar-refractivity contribution in [3.05, 3.63) is 70.9 Å². The number of allylic oxidation sites excluding steroid dienone is 6. The summed E-state index contributed by atoms with van der Waals surface area (Å²) in [6.45, 7) is 3.69. The Labute approximate surface area is 135 Å². The van der Waals surface area contributed by atoms with Crippen molar-refractivity contribution in [1.82, 2.24) is 10.5 Å². The molecule has 0 aliphatic heterocycles. The van der Waals surface area contributed by atoms with Crippen LogP contribution in [0, 0.1) is 0 Å². The topological polar surface area (TPSA) is 87.4 Å². The molecule has 4 N–H and O–H groups in total. The highest BCUT2D eigenvalue weighted by Crippen LogP contribution is 2.28. The Bertz CT molecular complexity index is 571. The molecule has 6 heteroatoms. The Morgan fingerprint density at radius 1 is 0.826 bits per heavy atom. The molecule has 0 radical (unpaired) electrons. The third kappa shape index (κ3) is 4.14. The molecule has 0 spiro atoms. The van der Waals surface area contributed by atoms with Crippen molar-refractivity contribution in [3.63, 3.8) is 0 Å². The quantitative estimate of drug-likeness (QED) is 0.596. The lowest BCUT2D eigenvalue weighted by Crippen LogP contribution is -2.30. The summed E-state index contributed by atoms with van der Waals surface area (Å²) in [6, 6.07) is -1.13. The fraction of sp³-hybridized carbons (Fsp3) is 0.294. The van der Waals surface area contributed by atoms with E-state index in [9.17, 15) is 20.8 Å². The first-order chi connectivity index (χ1) is 11.0. The Kier molecular flexibility index (Phi) is 5.84. The van der Waals surface area contributed by atoms with Crippen LogP contribution in [0.3, 0.4) is 0 Å². The Morgan fingerprint density at radius 3 is 1.52 bits per heavy atom. The van der Waals surface area contributed by atoms with Crippen LogP contribution in [0.4, 0.5) is 0 Å². The SMILES string of the molecule is CC=C1C=C(CC2=CC(=CC)C(N(O)O)C=C2)C=CC1N(O)O. The normalized spacial score (nSPS) is 28.0. The molecule has 2 unspecified atom stereocenters. The lowest BCUT2D eigenvalue weighted by atomic mass is 9.90. The van der Waals surface area contributed by atoms with Gasteiger partial charge >= 0.3 is 0 Å². The second-order valence-electron chi connectivity index (χ2n) is 5.44. The van der Waals surface area contributed by atoms with Gasteiger partial charge in [-0.25, -0.2) is 0 Å². The Hall–Kier alpha value is -1.80. The molecule has 0 heterocycles. The maximum atomic E-state index is 9.22. The molecule has 2 aliphatic rings. The highest BCUT2D eigenvalue weighted by atomic mass is 16.8. The average molecular weight is 318 g/mol. The van der Waals surface area contributed by atoms with Gasteiger partial charge in [-0.15, -0.1) is 0 Å². The number of hydrogen-bond acceptors (Lipinski definition) is 6. The van der Waals surface area contributed by atoms with Gasteiger partial charge in [0.05, 0.1) is 0 Å². The molecule has 0 amide bonds. The van der Waals surface area contributed by atoms with Gasteiger partial charge in [-0.2, -0.15) is 0 Å². The third-order valence-electron chi connectivity index (χ3n) is 3.94. The molecule has 0 aromatic heterocycles. The molecular formula is C17H22N2O4. The van der Waals surface area contributed by atoms with Crippen LogP contribution in [0.2, 0.25) is 0 Å². The largest absolute Gasteiger partial charge is 0.289 e. The van der Waals surface area contributed by atoms with Crippen molar-refractivity contribution >= 4 is 0 Å². The zero-order valence-corrected chi connectivity index (χ0v) is 13.2. The van der Waals surface area contributed by atoms with E-state index in [2.05, 4.69) is 0 Å². The highest BCUT2D eigenvalue weighted by molar-refractivity contribution is 5.47. The van der Waals surface area contributed by atoms with E-state index in [-0.39, 0.29) is 10.5 Å². The van der Waals surface area contributed by atoms with E-state index in [0.717, 1.165) is 22.3 Å². The minimum absolute atomic E-state index is 0.193. The van der Waals surface area contributed by atoms with Gasteiger partial charge in [-0.3, -0.25) is 20.8 Å². The van der Waals surface area contributed by atoms with E-state index in [1.807, 2.05) is 50.3 Å². The lowest BCUT2D eigenvalue weighted by Gasteiger charge is -2.24. The van der Waals surface area contributed by atoms with E-state index >= 15 is 0 Å². The molecule has 2 atom stereocenters. The van der Waals surface area contributed by atoms with Crippen LogP contribution in [-0.4, -0.2) is 43.4 Å². The summed E-state index contributed by atoms with van der Waals surface area (Å²) in [5.41, 5.74) is 3.67. The second kappa shape index (κ2) is 7.65. The van der Waals surface area contributed by atoms with Gasteiger partial charge in [0.2, 0.25) is 0 Å². The summed E-state index contributed by atoms with van der Waals surface area (Å²) in [5.74, 6) is 0. The van der Waals surface area contributed by atoms with Crippen molar-refractivity contribution in [3.8, 4) is 0 Å². The van der Waals surface area contributed by atoms with E-state index < -0.39 is 12.1 Å². The first-order valence-electron chi connectivity index (χ1n) is 7.40. The van der Waals surface area contributed by atoms with Crippen LogP contribution in [-0.2, 0) is 0 Å². The van der Waals surface area contributed by atoms with Crippen molar-refractivity contribution in [2.24, 2.45) is 0 Å². The van der Waals surface area contributed by atoms with Gasteiger partial charge < -0.3 is 0 Å². The highest BCUT2D eigenvalue weighted by Gasteiger charge is 2.21. The molecule has 2 aliphatic carbocycles. The van der Waals surface area contributed by atoms with Gasteiger partial charge in [0.25, 0.3) is 0 Å². The molecular weight excluding hydrogens is 296 g/mol. The van der Waals surface area contributed by atoms with Gasteiger partial charge in [0, 0.05) is 0 Å². The predicted molar refractivity (Wildman–Crippen MR) is 85.0 cm³/mol. The van der Waals surface area contributed by atoms with E-state index in [0.29, 0.717) is 6.42 Å². The van der Waals surface area contributed by atoms with Gasteiger partial charge in [0.15, 0.2) is 0 Å². The predicted octanol–water partition coefficient (Wildman–Crippen LogP) is 3.16. The third-order valence-corrected chi connectivity index (χ3v) is 3.94. The molecule has 23 heavy (non-hydrogen) atoms. The Morgan fingerprint density at radius 2 is 1.22 bits per heavy atom. The van der Waals surface area contributed by atoms with Crippen molar-refractivity contribution in [2.75, 3.05) is 0 Å². The van der Waals surface area contributed by atoms with Crippen molar-refractivity contribution in [1.29, 1.82) is 0 Å². The molecule has 124 valence electrons. The van der Waals surface area contributed by atoms with Crippen LogP contribution in [0.15, 0.2) is 70.9 Å². The first-order valence-corrected chi connectivity index (χ1v) is 7.40. The molecule has 0 aromatic rings. The van der Waals surface area contributed by atoms with Crippen molar-refractivity contribution < 1.29 is 20.8 Å². The average Bonchev–Trinajstić information content (AvgIpc) is 2.54. The molecule has 0 saturated carbocycles. The Balaban J connectivity index is 2.15. The van der Waals surface area contributed by atoms with Gasteiger partial charge in [0.1, 0.15) is 12.1 Å². The van der Waals surface area contributed by atoms with Crippen LogP contribution in [0.25, 0.3) is 0 Å². The summed E-state index contributed by atoms with van der Waals surface area (Å²) < 4.78 is 0. The maximum Gasteiger partial charge on any atom is 0.105 e. The fourth-order valence-electron chi connectivity index (χ4n) is 2.73. The first kappa shape index (κ1) is 17.6. The number of nitrogens with zero attached hydrogens (tertiary/aromatic N) is 2. The summed E-state index contributed by atoms with van der Waals surface area (Å²) >= 11 is 0. The molecule has 0 fully saturated rings. The number of hydrogen-bond donors (Lipinski definition) is 4. The standard InChI is InChI=1S/C17H22N2O4/c1-3-14-10-12(5-7-16(14)18(20)21)9-13-6-8-17(19(22)23)15(4-2)11-13/h3-8,10-11,16-17,20-23H,9H2,1-2H3. The minimum atomic E-state index is -0.563. The number of hydroxylamine groups is 4. The van der Waals surface area contributed by atoms with E-state index in [1.165, 1.54) is 0 Å². The summed E-state index contributed by atoms with van der Waals surface area (Å²) in [5, 5.41) is 37.3. The monoisotopic (exact) mass is 318 g/mol. The second-order valence-corrected chi connectivity index (χ2v) is 5.44. The molecule has 0 saturated heterocycles. The summed E-state index contributed by atoms with van der Waals surface area (Å²) in [6.07, 6.45) is 15.3. The van der Waals surface area contributed by atoms with Crippen LogP contribution < -0.4 is 0 Å². The molecule has 2 rings (SSSR count). The lowest BCUT2D eigenvalue weighted by molar-refractivity contribution is -0.316. The fourth-order valence-corrected chi connectivity index (χ4v) is 2.73. The van der Waals surface area contributed by atoms with E-state index in [4.69, 9.17) is 0 Å². The number of rotatable bonds is 4. The van der Waals surface area contributed by atoms with Gasteiger partial charge in [-0.05, 0) is 42.6 Å². The zero-order chi connectivity index (χ0) is 17.0. The smallest absolute Gasteiger partial charge is 0.105 e. The summed E-state index contributed by atoms with van der Waals surface area (Å²) in [7, 11) is 0.